The van der Waals surface area contributed by atoms with Crippen molar-refractivity contribution in [1.82, 2.24) is 25.3 Å². The number of pyridine rings is 1. The van der Waals surface area contributed by atoms with E-state index in [1.165, 1.54) is 0 Å². The van der Waals surface area contributed by atoms with E-state index in [1.807, 2.05) is 6.92 Å². The topological polar surface area (TPSA) is 95.6 Å². The van der Waals surface area contributed by atoms with Gasteiger partial charge in [0.15, 0.2) is 17.5 Å². The van der Waals surface area contributed by atoms with E-state index < -0.39 is 5.82 Å². The second kappa shape index (κ2) is 8.95. The van der Waals surface area contributed by atoms with E-state index in [4.69, 9.17) is 11.6 Å². The first-order valence-electron chi connectivity index (χ1n) is 10.3. The van der Waals surface area contributed by atoms with E-state index in [9.17, 15) is 9.18 Å². The van der Waals surface area contributed by atoms with Gasteiger partial charge in [-0.1, -0.05) is 31.4 Å². The summed E-state index contributed by atoms with van der Waals surface area (Å²) in [5.41, 5.74) is 1.35. The number of carbonyl (C=O) groups is 1. The predicted molar refractivity (Wildman–Crippen MR) is 115 cm³/mol. The van der Waals surface area contributed by atoms with Crippen molar-refractivity contribution in [3.8, 4) is 11.4 Å². The van der Waals surface area contributed by atoms with Gasteiger partial charge in [0.2, 0.25) is 5.91 Å². The summed E-state index contributed by atoms with van der Waals surface area (Å²) in [6.45, 7) is 1.97. The van der Waals surface area contributed by atoms with E-state index in [2.05, 4.69) is 30.6 Å². The minimum Gasteiger partial charge on any atom is -0.363 e. The number of rotatable bonds is 6. The lowest BCUT2D eigenvalue weighted by Gasteiger charge is -2.33. The molecule has 0 radical (unpaired) electrons. The Morgan fingerprint density at radius 1 is 1.27 bits per heavy atom. The first-order valence-corrected chi connectivity index (χ1v) is 10.6. The average Bonchev–Trinajstić information content (AvgIpc) is 3.14. The number of H-pyrrole nitrogens is 1. The van der Waals surface area contributed by atoms with E-state index in [0.717, 1.165) is 43.7 Å². The Morgan fingerprint density at radius 2 is 2.07 bits per heavy atom. The molecule has 0 saturated heterocycles. The maximum absolute atomic E-state index is 14.5. The number of aromatic nitrogens is 4. The zero-order chi connectivity index (χ0) is 21.1. The molecule has 1 aliphatic rings. The Morgan fingerprint density at radius 3 is 2.87 bits per heavy atom. The molecule has 0 bridgehead atoms. The summed E-state index contributed by atoms with van der Waals surface area (Å²) in [5, 5.41) is 7.57. The maximum atomic E-state index is 14.5. The Labute approximate surface area is 178 Å². The van der Waals surface area contributed by atoms with Gasteiger partial charge in [-0.2, -0.15) is 0 Å². The normalized spacial score (nSPS) is 19.0. The van der Waals surface area contributed by atoms with Crippen LogP contribution in [0, 0.1) is 5.82 Å². The summed E-state index contributed by atoms with van der Waals surface area (Å²) in [6.07, 6.45) is 9.49. The van der Waals surface area contributed by atoms with Gasteiger partial charge < -0.3 is 15.6 Å². The fourth-order valence-electron chi connectivity index (χ4n) is 3.92. The second-order valence-electron chi connectivity index (χ2n) is 7.60. The van der Waals surface area contributed by atoms with E-state index in [-0.39, 0.29) is 23.8 Å². The number of amides is 1. The number of hydrogen-bond acceptors (Lipinski definition) is 5. The van der Waals surface area contributed by atoms with Crippen molar-refractivity contribution in [2.45, 2.75) is 57.5 Å². The molecule has 3 N–H and O–H groups in total. The van der Waals surface area contributed by atoms with Crippen LogP contribution in [0.3, 0.4) is 0 Å². The number of anilines is 1. The molecule has 0 aliphatic heterocycles. The maximum Gasteiger partial charge on any atom is 0.220 e. The van der Waals surface area contributed by atoms with Gasteiger partial charge in [0.05, 0.1) is 11.2 Å². The number of nitrogens with zero attached hydrogens (tertiary/aromatic N) is 3. The largest absolute Gasteiger partial charge is 0.363 e. The molecule has 3 aromatic heterocycles. The van der Waals surface area contributed by atoms with Crippen LogP contribution in [-0.4, -0.2) is 37.9 Å². The molecule has 0 aromatic carbocycles. The van der Waals surface area contributed by atoms with E-state index >= 15 is 0 Å². The van der Waals surface area contributed by atoms with Gasteiger partial charge in [-0.05, 0) is 25.3 Å². The zero-order valence-electron chi connectivity index (χ0n) is 16.7. The number of aromatic amines is 1. The van der Waals surface area contributed by atoms with E-state index in [0.29, 0.717) is 28.5 Å². The molecule has 3 heterocycles. The van der Waals surface area contributed by atoms with Gasteiger partial charge in [-0.15, -0.1) is 0 Å². The highest BCUT2D eigenvalue weighted by Crippen LogP contribution is 2.29. The van der Waals surface area contributed by atoms with Crippen molar-refractivity contribution in [3.63, 3.8) is 0 Å². The van der Waals surface area contributed by atoms with Crippen molar-refractivity contribution in [3.05, 3.63) is 35.5 Å². The van der Waals surface area contributed by atoms with Crippen molar-refractivity contribution in [1.29, 1.82) is 0 Å². The smallest absolute Gasteiger partial charge is 0.220 e. The molecule has 4 rings (SSSR count). The van der Waals surface area contributed by atoms with Crippen LogP contribution >= 0.6 is 11.6 Å². The number of hydrogen-bond donors (Lipinski definition) is 3. The molecule has 2 atom stereocenters. The number of fused-ring (bicyclic) bond motifs is 1. The number of nitrogens with one attached hydrogen (secondary N) is 3. The van der Waals surface area contributed by atoms with Crippen molar-refractivity contribution in [2.75, 3.05) is 5.32 Å². The van der Waals surface area contributed by atoms with Crippen LogP contribution < -0.4 is 10.6 Å². The monoisotopic (exact) mass is 430 g/mol. The summed E-state index contributed by atoms with van der Waals surface area (Å²) < 4.78 is 14.5. The van der Waals surface area contributed by atoms with E-state index in [1.54, 1.807) is 18.5 Å². The summed E-state index contributed by atoms with van der Waals surface area (Å²) in [7, 11) is 0. The second-order valence-corrected chi connectivity index (χ2v) is 8.04. The molecule has 9 heteroatoms. The first kappa shape index (κ1) is 20.5. The van der Waals surface area contributed by atoms with Crippen molar-refractivity contribution < 1.29 is 9.18 Å². The van der Waals surface area contributed by atoms with Gasteiger partial charge in [-0.25, -0.2) is 19.3 Å². The molecule has 1 amide bonds. The highest BCUT2D eigenvalue weighted by molar-refractivity contribution is 6.31. The van der Waals surface area contributed by atoms with Crippen molar-refractivity contribution >= 4 is 34.4 Å². The minimum atomic E-state index is -0.529. The SMILES string of the molecule is CCCC(=O)NC1CCCC[C@H]1Nc1nc(-c2c[nH]c3ncc(Cl)cc23)ncc1F. The predicted octanol–water partition coefficient (Wildman–Crippen LogP) is 4.45. The lowest BCUT2D eigenvalue weighted by molar-refractivity contribution is -0.122. The molecule has 1 aliphatic carbocycles. The molecule has 3 aromatic rings. The average molecular weight is 431 g/mol. The molecular formula is C21H24ClFN6O. The third kappa shape index (κ3) is 4.38. The molecule has 7 nitrogen and oxygen atoms in total. The molecule has 158 valence electrons. The van der Waals surface area contributed by atoms with Gasteiger partial charge in [0.25, 0.3) is 0 Å². The van der Waals surface area contributed by atoms with Crippen LogP contribution in [0.5, 0.6) is 0 Å². The summed E-state index contributed by atoms with van der Waals surface area (Å²) in [4.78, 5) is 28.0. The quantitative estimate of drug-likeness (QED) is 0.537. The highest BCUT2D eigenvalue weighted by atomic mass is 35.5. The fraction of sp³-hybridized carbons (Fsp3) is 0.429. The Hall–Kier alpha value is -2.74. The first-order chi connectivity index (χ1) is 14.5. The molecule has 1 unspecified atom stereocenters. The van der Waals surface area contributed by atoms with Gasteiger partial charge in [0, 0.05) is 41.8 Å². The van der Waals surface area contributed by atoms with Crippen LogP contribution in [0.4, 0.5) is 10.2 Å². The summed E-state index contributed by atoms with van der Waals surface area (Å²) in [6, 6.07) is 1.64. The highest BCUT2D eigenvalue weighted by Gasteiger charge is 2.27. The molecule has 30 heavy (non-hydrogen) atoms. The van der Waals surface area contributed by atoms with Crippen LogP contribution in [0.25, 0.3) is 22.4 Å². The van der Waals surface area contributed by atoms with Crippen LogP contribution in [0.1, 0.15) is 45.4 Å². The molecule has 0 spiro atoms. The number of halogens is 2. The fourth-order valence-corrected chi connectivity index (χ4v) is 4.08. The Balaban J connectivity index is 1.59. The number of carbonyl (C=O) groups excluding carboxylic acids is 1. The molecular weight excluding hydrogens is 407 g/mol. The lowest BCUT2D eigenvalue weighted by Crippen LogP contribution is -2.48. The lowest BCUT2D eigenvalue weighted by atomic mass is 9.90. The standard InChI is InChI=1S/C21H24ClFN6O/c1-2-5-18(30)27-16-6-3-4-7-17(16)28-21-15(23)11-26-20(29-21)14-10-25-19-13(14)8-12(22)9-24-19/h8-11,16-17H,2-7H2,1H3,(H,24,25)(H,27,30)(H,26,28,29)/t16?,17-/m1/s1. The van der Waals surface area contributed by atoms with Gasteiger partial charge in [0.1, 0.15) is 5.65 Å². The zero-order valence-corrected chi connectivity index (χ0v) is 17.5. The molecule has 1 saturated carbocycles. The van der Waals surface area contributed by atoms with Crippen molar-refractivity contribution in [2.24, 2.45) is 0 Å². The third-order valence-corrected chi connectivity index (χ3v) is 5.60. The molecule has 1 fully saturated rings. The van der Waals surface area contributed by atoms with Crippen LogP contribution in [0.15, 0.2) is 24.7 Å². The van der Waals surface area contributed by atoms with Crippen LogP contribution in [-0.2, 0) is 4.79 Å². The third-order valence-electron chi connectivity index (χ3n) is 5.39. The minimum absolute atomic E-state index is 0.0308. The summed E-state index contributed by atoms with van der Waals surface area (Å²) >= 11 is 6.08. The Kier molecular flexibility index (Phi) is 6.13. The Bertz CT molecular complexity index is 1060. The summed E-state index contributed by atoms with van der Waals surface area (Å²) in [5.74, 6) is 0.00440. The van der Waals surface area contributed by atoms with Gasteiger partial charge in [-0.3, -0.25) is 4.79 Å². The van der Waals surface area contributed by atoms with Crippen LogP contribution in [0.2, 0.25) is 5.02 Å². The van der Waals surface area contributed by atoms with Gasteiger partial charge >= 0.3 is 0 Å².